The number of amides is 2. The number of nitrogens with zero attached hydrogens (tertiary/aromatic N) is 1. The lowest BCUT2D eigenvalue weighted by molar-refractivity contribution is 0.249. The molecule has 0 heterocycles. The van der Waals surface area contributed by atoms with Crippen molar-refractivity contribution in [3.63, 3.8) is 0 Å². The van der Waals surface area contributed by atoms with E-state index in [0.717, 1.165) is 0 Å². The van der Waals surface area contributed by atoms with Gasteiger partial charge in [0.1, 0.15) is 0 Å². The number of carbonyl (C=O) groups is 1. The van der Waals surface area contributed by atoms with Crippen LogP contribution in [-0.2, 0) is 0 Å². The number of nitrogens with two attached hydrogens (primary N) is 1. The molecule has 1 saturated carbocycles. The van der Waals surface area contributed by atoms with Gasteiger partial charge in [-0.25, -0.2) is 10.2 Å². The fraction of sp³-hybridized carbons (Fsp3) is 0.750. The van der Waals surface area contributed by atoms with Gasteiger partial charge < -0.3 is 5.73 Å². The van der Waals surface area contributed by atoms with Gasteiger partial charge in [0.25, 0.3) is 0 Å². The van der Waals surface area contributed by atoms with Gasteiger partial charge in [-0.15, -0.1) is 0 Å². The van der Waals surface area contributed by atoms with Crippen LogP contribution in [0.5, 0.6) is 0 Å². The standard InChI is InChI=1S/C8H15N3O/c9-8(12)11-10-6-7-4-2-1-3-5-7/h6-7H,1-5H2,(H3,9,11,12)/b10-6-. The first-order valence-electron chi connectivity index (χ1n) is 4.37. The third-order valence-corrected chi connectivity index (χ3v) is 2.11. The molecule has 4 heteroatoms. The molecule has 12 heavy (non-hydrogen) atoms. The summed E-state index contributed by atoms with van der Waals surface area (Å²) < 4.78 is 0. The molecule has 0 aromatic carbocycles. The predicted molar refractivity (Wildman–Crippen MR) is 47.8 cm³/mol. The number of carbonyl (C=O) groups excluding carboxylic acids is 1. The molecule has 3 N–H and O–H groups in total. The van der Waals surface area contributed by atoms with E-state index in [1.54, 1.807) is 6.21 Å². The molecule has 1 aliphatic carbocycles. The van der Waals surface area contributed by atoms with E-state index in [2.05, 4.69) is 10.5 Å². The summed E-state index contributed by atoms with van der Waals surface area (Å²) in [5.41, 5.74) is 7.05. The second kappa shape index (κ2) is 4.74. The minimum Gasteiger partial charge on any atom is -0.350 e. The molecule has 0 aromatic heterocycles. The van der Waals surface area contributed by atoms with Crippen LogP contribution in [0.4, 0.5) is 4.79 Å². The normalized spacial score (nSPS) is 19.7. The molecule has 0 atom stereocenters. The summed E-state index contributed by atoms with van der Waals surface area (Å²) in [4.78, 5) is 10.2. The van der Waals surface area contributed by atoms with E-state index in [9.17, 15) is 4.79 Å². The van der Waals surface area contributed by atoms with Crippen LogP contribution < -0.4 is 11.2 Å². The Morgan fingerprint density at radius 3 is 2.67 bits per heavy atom. The summed E-state index contributed by atoms with van der Waals surface area (Å²) >= 11 is 0. The maximum absolute atomic E-state index is 10.2. The second-order valence-electron chi connectivity index (χ2n) is 3.15. The Balaban J connectivity index is 2.19. The summed E-state index contributed by atoms with van der Waals surface area (Å²) in [5.74, 6) is 0.533. The molecule has 1 aliphatic rings. The molecule has 68 valence electrons. The lowest BCUT2D eigenvalue weighted by atomic mass is 9.90. The molecule has 0 unspecified atom stereocenters. The van der Waals surface area contributed by atoms with Crippen LogP contribution in [0.2, 0.25) is 0 Å². The Labute approximate surface area is 72.2 Å². The van der Waals surface area contributed by atoms with Crippen LogP contribution in [0.15, 0.2) is 5.10 Å². The van der Waals surface area contributed by atoms with Crippen molar-refractivity contribution in [2.45, 2.75) is 32.1 Å². The third-order valence-electron chi connectivity index (χ3n) is 2.11. The van der Waals surface area contributed by atoms with Gasteiger partial charge in [0.15, 0.2) is 0 Å². The largest absolute Gasteiger partial charge is 0.350 e. The Morgan fingerprint density at radius 2 is 2.08 bits per heavy atom. The fourth-order valence-electron chi connectivity index (χ4n) is 1.49. The van der Waals surface area contributed by atoms with Crippen molar-refractivity contribution in [3.05, 3.63) is 0 Å². The number of rotatable bonds is 2. The van der Waals surface area contributed by atoms with Crippen molar-refractivity contribution >= 4 is 12.2 Å². The van der Waals surface area contributed by atoms with Crippen molar-refractivity contribution < 1.29 is 4.79 Å². The molecule has 0 aromatic rings. The number of primary amides is 1. The number of hydrazone groups is 1. The fourth-order valence-corrected chi connectivity index (χ4v) is 1.49. The smallest absolute Gasteiger partial charge is 0.332 e. The van der Waals surface area contributed by atoms with Crippen LogP contribution in [0.25, 0.3) is 0 Å². The summed E-state index contributed by atoms with van der Waals surface area (Å²) in [6.45, 7) is 0. The van der Waals surface area contributed by atoms with Gasteiger partial charge >= 0.3 is 6.03 Å². The molecule has 0 radical (unpaired) electrons. The second-order valence-corrected chi connectivity index (χ2v) is 3.15. The zero-order valence-corrected chi connectivity index (χ0v) is 7.12. The first-order chi connectivity index (χ1) is 5.79. The molecule has 0 spiro atoms. The lowest BCUT2D eigenvalue weighted by Gasteiger charge is -2.16. The molecule has 1 fully saturated rings. The molecular formula is C8H15N3O. The van der Waals surface area contributed by atoms with Gasteiger partial charge in [-0.1, -0.05) is 19.3 Å². The van der Waals surface area contributed by atoms with Gasteiger partial charge in [-0.3, -0.25) is 0 Å². The van der Waals surface area contributed by atoms with Crippen molar-refractivity contribution in [2.75, 3.05) is 0 Å². The Hall–Kier alpha value is -1.06. The van der Waals surface area contributed by atoms with E-state index >= 15 is 0 Å². The van der Waals surface area contributed by atoms with Crippen LogP contribution in [0, 0.1) is 5.92 Å². The van der Waals surface area contributed by atoms with Crippen molar-refractivity contribution in [3.8, 4) is 0 Å². The minimum atomic E-state index is -0.595. The Bertz CT molecular complexity index is 173. The lowest BCUT2D eigenvalue weighted by Crippen LogP contribution is -2.25. The Morgan fingerprint density at radius 1 is 1.42 bits per heavy atom. The van der Waals surface area contributed by atoms with Crippen LogP contribution in [0.1, 0.15) is 32.1 Å². The molecule has 0 saturated heterocycles. The van der Waals surface area contributed by atoms with Gasteiger partial charge in [0, 0.05) is 6.21 Å². The predicted octanol–water partition coefficient (Wildman–Crippen LogP) is 1.22. The number of hydrogen-bond acceptors (Lipinski definition) is 2. The minimum absolute atomic E-state index is 0.533. The zero-order chi connectivity index (χ0) is 8.81. The molecule has 4 nitrogen and oxygen atoms in total. The number of nitrogens with one attached hydrogen (secondary N) is 1. The molecule has 0 bridgehead atoms. The summed E-state index contributed by atoms with van der Waals surface area (Å²) in [7, 11) is 0. The first-order valence-corrected chi connectivity index (χ1v) is 4.37. The van der Waals surface area contributed by atoms with Gasteiger partial charge in [0.05, 0.1) is 0 Å². The van der Waals surface area contributed by atoms with Crippen molar-refractivity contribution in [1.29, 1.82) is 0 Å². The van der Waals surface area contributed by atoms with E-state index in [1.807, 2.05) is 0 Å². The molecule has 2 amide bonds. The quantitative estimate of drug-likeness (QED) is 0.473. The Kier molecular flexibility index (Phi) is 3.57. The topological polar surface area (TPSA) is 67.5 Å². The number of urea groups is 1. The van der Waals surface area contributed by atoms with E-state index in [1.165, 1.54) is 32.1 Å². The van der Waals surface area contributed by atoms with Crippen LogP contribution in [0.3, 0.4) is 0 Å². The van der Waals surface area contributed by atoms with E-state index in [0.29, 0.717) is 5.92 Å². The van der Waals surface area contributed by atoms with Gasteiger partial charge in [-0.05, 0) is 18.8 Å². The zero-order valence-electron chi connectivity index (χ0n) is 7.12. The SMILES string of the molecule is NC(=O)N/N=C\C1CCCCC1. The highest BCUT2D eigenvalue weighted by Crippen LogP contribution is 2.21. The molecule has 1 rings (SSSR count). The summed E-state index contributed by atoms with van der Waals surface area (Å²) in [6.07, 6.45) is 8.03. The average molecular weight is 169 g/mol. The third kappa shape index (κ3) is 3.37. The highest BCUT2D eigenvalue weighted by atomic mass is 16.2. The molecule has 0 aliphatic heterocycles. The van der Waals surface area contributed by atoms with E-state index < -0.39 is 6.03 Å². The van der Waals surface area contributed by atoms with Crippen LogP contribution >= 0.6 is 0 Å². The summed E-state index contributed by atoms with van der Waals surface area (Å²) in [5, 5.41) is 3.74. The monoisotopic (exact) mass is 169 g/mol. The average Bonchev–Trinajstić information content (AvgIpc) is 2.05. The molecular weight excluding hydrogens is 154 g/mol. The van der Waals surface area contributed by atoms with Gasteiger partial charge in [0.2, 0.25) is 0 Å². The maximum atomic E-state index is 10.2. The van der Waals surface area contributed by atoms with E-state index in [-0.39, 0.29) is 0 Å². The maximum Gasteiger partial charge on any atom is 0.332 e. The van der Waals surface area contributed by atoms with Crippen molar-refractivity contribution in [1.82, 2.24) is 5.43 Å². The first kappa shape index (κ1) is 9.03. The highest BCUT2D eigenvalue weighted by molar-refractivity contribution is 5.73. The van der Waals surface area contributed by atoms with Gasteiger partial charge in [-0.2, -0.15) is 5.10 Å². The van der Waals surface area contributed by atoms with Crippen molar-refractivity contribution in [2.24, 2.45) is 16.8 Å². The number of hydrogen-bond donors (Lipinski definition) is 2. The van der Waals surface area contributed by atoms with Crippen LogP contribution in [-0.4, -0.2) is 12.2 Å². The summed E-state index contributed by atoms with van der Waals surface area (Å²) in [6, 6.07) is -0.595. The highest BCUT2D eigenvalue weighted by Gasteiger charge is 2.10. The van der Waals surface area contributed by atoms with E-state index in [4.69, 9.17) is 5.73 Å².